The van der Waals surface area contributed by atoms with Crippen molar-refractivity contribution in [2.75, 3.05) is 24.4 Å². The van der Waals surface area contributed by atoms with E-state index in [0.29, 0.717) is 11.5 Å². The van der Waals surface area contributed by atoms with Gasteiger partial charge >= 0.3 is 0 Å². The third-order valence-corrected chi connectivity index (χ3v) is 2.96. The molecule has 2 aromatic heterocycles. The van der Waals surface area contributed by atoms with Crippen LogP contribution in [0, 0.1) is 0 Å². The van der Waals surface area contributed by atoms with Crippen LogP contribution in [-0.4, -0.2) is 40.1 Å². The lowest BCUT2D eigenvalue weighted by Crippen LogP contribution is -2.08. The van der Waals surface area contributed by atoms with Crippen LogP contribution in [0.2, 0.25) is 0 Å². The van der Waals surface area contributed by atoms with E-state index >= 15 is 0 Å². The van der Waals surface area contributed by atoms with Crippen LogP contribution in [0.3, 0.4) is 0 Å². The number of anilines is 2. The summed E-state index contributed by atoms with van der Waals surface area (Å²) in [5.74, 6) is 0.628. The summed E-state index contributed by atoms with van der Waals surface area (Å²) in [6.07, 6.45) is 3.29. The quantitative estimate of drug-likeness (QED) is 0.581. The Kier molecular flexibility index (Phi) is 3.46. The Morgan fingerprint density at radius 1 is 1.14 bits per heavy atom. The summed E-state index contributed by atoms with van der Waals surface area (Å²) in [7, 11) is 4.02. The molecule has 0 aliphatic heterocycles. The minimum absolute atomic E-state index is 0.628. The normalized spacial score (nSPS) is 11.1. The zero-order valence-corrected chi connectivity index (χ0v) is 11.8. The summed E-state index contributed by atoms with van der Waals surface area (Å²) in [5.41, 5.74) is 5.75. The molecular weight excluding hydrogens is 266 g/mol. The fraction of sp³-hybridized carbons (Fsp3) is 0.143. The molecule has 3 aromatic rings. The smallest absolute Gasteiger partial charge is 0.177 e. The highest BCUT2D eigenvalue weighted by molar-refractivity contribution is 5.80. The maximum atomic E-state index is 4.26. The van der Waals surface area contributed by atoms with E-state index in [4.69, 9.17) is 0 Å². The van der Waals surface area contributed by atoms with Crippen LogP contribution in [0.25, 0.3) is 5.65 Å². The number of fused-ring (bicyclic) bond motifs is 1. The lowest BCUT2D eigenvalue weighted by molar-refractivity contribution is 0.925. The first kappa shape index (κ1) is 13.0. The van der Waals surface area contributed by atoms with Gasteiger partial charge in [-0.15, -0.1) is 15.3 Å². The van der Waals surface area contributed by atoms with Gasteiger partial charge in [0.25, 0.3) is 0 Å². The van der Waals surface area contributed by atoms with E-state index in [2.05, 4.69) is 30.7 Å². The molecule has 0 saturated heterocycles. The molecule has 0 radical (unpaired) electrons. The van der Waals surface area contributed by atoms with Gasteiger partial charge in [0.2, 0.25) is 0 Å². The Labute approximate surface area is 121 Å². The molecule has 0 atom stereocenters. The van der Waals surface area contributed by atoms with E-state index in [0.717, 1.165) is 11.3 Å². The van der Waals surface area contributed by atoms with Gasteiger partial charge in [0.15, 0.2) is 11.5 Å². The minimum Gasteiger partial charge on any atom is -0.378 e. The molecule has 0 aliphatic carbocycles. The van der Waals surface area contributed by atoms with Crippen LogP contribution < -0.4 is 10.3 Å². The van der Waals surface area contributed by atoms with Crippen LogP contribution >= 0.6 is 0 Å². The molecule has 1 aromatic carbocycles. The average Bonchev–Trinajstić information content (AvgIpc) is 2.95. The van der Waals surface area contributed by atoms with Gasteiger partial charge in [-0.2, -0.15) is 9.62 Å². The number of hydrogen-bond acceptors (Lipinski definition) is 6. The highest BCUT2D eigenvalue weighted by Gasteiger charge is 1.98. The molecule has 3 rings (SSSR count). The fourth-order valence-electron chi connectivity index (χ4n) is 1.82. The zero-order valence-electron chi connectivity index (χ0n) is 11.8. The molecule has 21 heavy (non-hydrogen) atoms. The molecule has 7 nitrogen and oxygen atoms in total. The standard InChI is InChI=1S/C14H15N7/c1-20(2)12-5-3-11(4-6-12)9-15-17-13-7-8-14-18-16-10-21(14)19-13/h3-10H,1-2H3,(H,17,19)/b15-9+. The lowest BCUT2D eigenvalue weighted by atomic mass is 10.2. The average molecular weight is 281 g/mol. The van der Waals surface area contributed by atoms with Gasteiger partial charge in [-0.1, -0.05) is 12.1 Å². The first-order valence-electron chi connectivity index (χ1n) is 6.46. The maximum Gasteiger partial charge on any atom is 0.177 e. The monoisotopic (exact) mass is 281 g/mol. The first-order chi connectivity index (χ1) is 10.2. The van der Waals surface area contributed by atoms with Crippen molar-refractivity contribution in [2.24, 2.45) is 5.10 Å². The molecule has 0 spiro atoms. The summed E-state index contributed by atoms with van der Waals surface area (Å²) in [6, 6.07) is 11.7. The van der Waals surface area contributed by atoms with Crippen molar-refractivity contribution in [3.05, 3.63) is 48.3 Å². The highest BCUT2D eigenvalue weighted by Crippen LogP contribution is 2.11. The molecule has 0 fully saturated rings. The molecule has 0 bridgehead atoms. The van der Waals surface area contributed by atoms with Crippen molar-refractivity contribution in [3.8, 4) is 0 Å². The Morgan fingerprint density at radius 2 is 1.95 bits per heavy atom. The van der Waals surface area contributed by atoms with Crippen LogP contribution in [0.1, 0.15) is 5.56 Å². The molecule has 0 amide bonds. The predicted octanol–water partition coefficient (Wildman–Crippen LogP) is 1.64. The summed E-state index contributed by atoms with van der Waals surface area (Å²) in [4.78, 5) is 2.05. The second-order valence-electron chi connectivity index (χ2n) is 4.71. The van der Waals surface area contributed by atoms with E-state index < -0.39 is 0 Å². The fourth-order valence-corrected chi connectivity index (χ4v) is 1.82. The molecule has 0 saturated carbocycles. The topological polar surface area (TPSA) is 70.7 Å². The first-order valence-corrected chi connectivity index (χ1v) is 6.46. The summed E-state index contributed by atoms with van der Waals surface area (Å²) in [6.45, 7) is 0. The Morgan fingerprint density at radius 3 is 2.71 bits per heavy atom. The van der Waals surface area contributed by atoms with E-state index in [1.807, 2.05) is 44.4 Å². The second kappa shape index (κ2) is 5.58. The third kappa shape index (κ3) is 2.97. The Hall–Kier alpha value is -2.96. The maximum absolute atomic E-state index is 4.26. The number of benzene rings is 1. The van der Waals surface area contributed by atoms with Crippen LogP contribution in [-0.2, 0) is 0 Å². The van der Waals surface area contributed by atoms with Crippen molar-refractivity contribution in [2.45, 2.75) is 0 Å². The molecular formula is C14H15N7. The number of hydrazone groups is 1. The van der Waals surface area contributed by atoms with Crippen LogP contribution in [0.5, 0.6) is 0 Å². The van der Waals surface area contributed by atoms with Crippen molar-refractivity contribution in [3.63, 3.8) is 0 Å². The van der Waals surface area contributed by atoms with Crippen molar-refractivity contribution >= 4 is 23.4 Å². The molecule has 0 unspecified atom stereocenters. The molecule has 0 aliphatic rings. The van der Waals surface area contributed by atoms with Crippen LogP contribution in [0.4, 0.5) is 11.5 Å². The second-order valence-corrected chi connectivity index (χ2v) is 4.71. The number of nitrogens with one attached hydrogen (secondary N) is 1. The molecule has 106 valence electrons. The molecule has 2 heterocycles. The lowest BCUT2D eigenvalue weighted by Gasteiger charge is -2.11. The highest BCUT2D eigenvalue weighted by atomic mass is 15.4. The number of hydrogen-bond donors (Lipinski definition) is 1. The Bertz CT molecular complexity index is 758. The Balaban J connectivity index is 1.68. The zero-order chi connectivity index (χ0) is 14.7. The van der Waals surface area contributed by atoms with Gasteiger partial charge in [-0.25, -0.2) is 0 Å². The van der Waals surface area contributed by atoms with E-state index in [-0.39, 0.29) is 0 Å². The summed E-state index contributed by atoms with van der Waals surface area (Å²) in [5, 5.41) is 16.1. The third-order valence-electron chi connectivity index (χ3n) is 2.96. The van der Waals surface area contributed by atoms with Gasteiger partial charge in [-0.3, -0.25) is 5.43 Å². The predicted molar refractivity (Wildman–Crippen MR) is 82.8 cm³/mol. The van der Waals surface area contributed by atoms with E-state index in [1.54, 1.807) is 23.1 Å². The number of rotatable bonds is 4. The van der Waals surface area contributed by atoms with Crippen molar-refractivity contribution < 1.29 is 0 Å². The van der Waals surface area contributed by atoms with Gasteiger partial charge in [-0.05, 0) is 29.8 Å². The SMILES string of the molecule is CN(C)c1ccc(/C=N/Nc2ccc3nncn3n2)cc1. The van der Waals surface area contributed by atoms with Gasteiger partial charge in [0.05, 0.1) is 6.21 Å². The summed E-state index contributed by atoms with van der Waals surface area (Å²) >= 11 is 0. The largest absolute Gasteiger partial charge is 0.378 e. The van der Waals surface area contributed by atoms with E-state index in [9.17, 15) is 0 Å². The number of aromatic nitrogens is 4. The molecule has 1 N–H and O–H groups in total. The summed E-state index contributed by atoms with van der Waals surface area (Å²) < 4.78 is 1.59. The van der Waals surface area contributed by atoms with Gasteiger partial charge in [0.1, 0.15) is 6.33 Å². The number of nitrogens with zero attached hydrogens (tertiary/aromatic N) is 6. The van der Waals surface area contributed by atoms with Gasteiger partial charge in [0, 0.05) is 19.8 Å². The van der Waals surface area contributed by atoms with Gasteiger partial charge < -0.3 is 4.90 Å². The van der Waals surface area contributed by atoms with Crippen molar-refractivity contribution in [1.29, 1.82) is 0 Å². The van der Waals surface area contributed by atoms with E-state index in [1.165, 1.54) is 0 Å². The van der Waals surface area contributed by atoms with Crippen molar-refractivity contribution in [1.82, 2.24) is 19.8 Å². The minimum atomic E-state index is 0.628. The molecule has 7 heteroatoms. The van der Waals surface area contributed by atoms with Crippen LogP contribution in [0.15, 0.2) is 47.8 Å².